The first-order valence-electron chi connectivity index (χ1n) is 12.0. The summed E-state index contributed by atoms with van der Waals surface area (Å²) in [5, 5.41) is 17.8. The molecule has 0 aliphatic heterocycles. The average molecular weight is 388 g/mol. The molecule has 0 amide bonds. The quantitative estimate of drug-likeness (QED) is 0.149. The minimum absolute atomic E-state index is 0.142. The molecule has 0 aromatic heterocycles. The normalized spacial score (nSPS) is 12.8. The summed E-state index contributed by atoms with van der Waals surface area (Å²) in [5.41, 5.74) is 0. The molecule has 4 nitrogen and oxygen atoms in total. The highest BCUT2D eigenvalue weighted by Crippen LogP contribution is 2.14. The number of hydrogen-bond donors (Lipinski definition) is 2. The first-order chi connectivity index (χ1) is 13.2. The van der Waals surface area contributed by atoms with E-state index in [0.717, 1.165) is 19.4 Å². The van der Waals surface area contributed by atoms with Crippen LogP contribution in [0, 0.1) is 0 Å². The Kier molecular flexibility index (Phi) is 22.0. The number of ether oxygens (including phenoxy) is 1. The van der Waals surface area contributed by atoms with E-state index in [1.807, 2.05) is 0 Å². The molecule has 0 heterocycles. The standard InChI is InChI=1S/C23H49NO3/c1-3-5-6-7-8-9-10-11-12-13-14-15-16-17-18-19-22-27-23(4-2)20-21-24(25)26/h23,25-26H,3-22H2,1-2H3. The molecule has 0 fully saturated rings. The second-order valence-electron chi connectivity index (χ2n) is 8.09. The third-order valence-electron chi connectivity index (χ3n) is 5.46. The maximum absolute atomic E-state index is 8.75. The Bertz CT molecular complexity index is 274. The van der Waals surface area contributed by atoms with Gasteiger partial charge in [0.2, 0.25) is 0 Å². The van der Waals surface area contributed by atoms with Gasteiger partial charge in [-0.3, -0.25) is 10.4 Å². The van der Waals surface area contributed by atoms with Gasteiger partial charge in [-0.2, -0.15) is 0 Å². The van der Waals surface area contributed by atoms with Gasteiger partial charge < -0.3 is 4.74 Å². The summed E-state index contributed by atoms with van der Waals surface area (Å²) < 4.78 is 5.81. The van der Waals surface area contributed by atoms with E-state index >= 15 is 0 Å². The predicted octanol–water partition coefficient (Wildman–Crippen LogP) is 7.51. The topological polar surface area (TPSA) is 52.9 Å². The summed E-state index contributed by atoms with van der Waals surface area (Å²) in [5.74, 6) is 0. The van der Waals surface area contributed by atoms with Crippen molar-refractivity contribution >= 4 is 0 Å². The average Bonchev–Trinajstić information content (AvgIpc) is 2.66. The van der Waals surface area contributed by atoms with Crippen molar-refractivity contribution in [3.8, 4) is 0 Å². The molecule has 1 atom stereocenters. The van der Waals surface area contributed by atoms with E-state index < -0.39 is 0 Å². The van der Waals surface area contributed by atoms with E-state index in [0.29, 0.717) is 6.42 Å². The van der Waals surface area contributed by atoms with Gasteiger partial charge in [-0.1, -0.05) is 115 Å². The molecule has 0 bridgehead atoms. The van der Waals surface area contributed by atoms with Crippen LogP contribution in [0.5, 0.6) is 0 Å². The summed E-state index contributed by atoms with van der Waals surface area (Å²) in [6.45, 7) is 5.41. The minimum Gasteiger partial charge on any atom is -0.378 e. The Labute approximate surface area is 169 Å². The van der Waals surface area contributed by atoms with E-state index in [1.54, 1.807) is 0 Å². The predicted molar refractivity (Wildman–Crippen MR) is 114 cm³/mol. The fraction of sp³-hybridized carbons (Fsp3) is 1.00. The summed E-state index contributed by atoms with van der Waals surface area (Å²) in [7, 11) is 0. The highest BCUT2D eigenvalue weighted by Gasteiger charge is 2.07. The molecule has 1 unspecified atom stereocenters. The number of nitrogens with zero attached hydrogens (tertiary/aromatic N) is 1. The summed E-state index contributed by atoms with van der Waals surface area (Å²) >= 11 is 0. The van der Waals surface area contributed by atoms with E-state index in [1.165, 1.54) is 96.3 Å². The number of hydrogen-bond acceptors (Lipinski definition) is 4. The van der Waals surface area contributed by atoms with Gasteiger partial charge in [0.1, 0.15) is 0 Å². The number of hydroxylamine groups is 2. The van der Waals surface area contributed by atoms with Crippen molar-refractivity contribution in [3.05, 3.63) is 0 Å². The van der Waals surface area contributed by atoms with Crippen molar-refractivity contribution in [1.82, 2.24) is 5.23 Å². The third-order valence-corrected chi connectivity index (χ3v) is 5.46. The molecule has 0 aromatic rings. The van der Waals surface area contributed by atoms with Crippen LogP contribution < -0.4 is 0 Å². The second kappa shape index (κ2) is 22.1. The zero-order valence-electron chi connectivity index (χ0n) is 18.5. The van der Waals surface area contributed by atoms with Gasteiger partial charge in [-0.15, -0.1) is 0 Å². The van der Waals surface area contributed by atoms with Crippen LogP contribution in [-0.4, -0.2) is 34.9 Å². The van der Waals surface area contributed by atoms with Crippen molar-refractivity contribution in [3.63, 3.8) is 0 Å². The Hall–Kier alpha value is -0.160. The summed E-state index contributed by atoms with van der Waals surface area (Å²) in [6.07, 6.45) is 23.9. The SMILES string of the molecule is CCCCCCCCCCCCCCCCCCOC(CC)CCN(O)O. The summed E-state index contributed by atoms with van der Waals surface area (Å²) in [4.78, 5) is 0. The fourth-order valence-electron chi connectivity index (χ4n) is 3.56. The zero-order chi connectivity index (χ0) is 20.0. The van der Waals surface area contributed by atoms with Gasteiger partial charge in [0, 0.05) is 6.61 Å². The molecule has 0 aromatic carbocycles. The third kappa shape index (κ3) is 22.0. The Balaban J connectivity index is 3.16. The molecule has 4 heteroatoms. The van der Waals surface area contributed by atoms with E-state index in [9.17, 15) is 0 Å². The van der Waals surface area contributed by atoms with E-state index in [4.69, 9.17) is 15.2 Å². The molecule has 0 saturated heterocycles. The molecule has 0 rings (SSSR count). The molecule has 27 heavy (non-hydrogen) atoms. The van der Waals surface area contributed by atoms with E-state index in [-0.39, 0.29) is 17.9 Å². The van der Waals surface area contributed by atoms with Crippen LogP contribution in [0.1, 0.15) is 129 Å². The Morgan fingerprint density at radius 3 is 1.41 bits per heavy atom. The maximum Gasteiger partial charge on any atom is 0.0586 e. The molecule has 2 N–H and O–H groups in total. The van der Waals surface area contributed by atoms with Crippen molar-refractivity contribution in [2.24, 2.45) is 0 Å². The van der Waals surface area contributed by atoms with Gasteiger partial charge in [-0.05, 0) is 19.3 Å². The van der Waals surface area contributed by atoms with Crippen LogP contribution in [0.15, 0.2) is 0 Å². The molecule has 0 aliphatic carbocycles. The van der Waals surface area contributed by atoms with Crippen molar-refractivity contribution < 1.29 is 15.2 Å². The molecule has 164 valence electrons. The molecule has 0 aliphatic rings. The van der Waals surface area contributed by atoms with Crippen LogP contribution in [0.4, 0.5) is 0 Å². The van der Waals surface area contributed by atoms with Gasteiger partial charge in [0.05, 0.1) is 12.6 Å². The smallest absolute Gasteiger partial charge is 0.0586 e. The molecule has 0 spiro atoms. The van der Waals surface area contributed by atoms with Crippen molar-refractivity contribution in [2.45, 2.75) is 136 Å². The molecular formula is C23H49NO3. The maximum atomic E-state index is 8.75. The lowest BCUT2D eigenvalue weighted by Gasteiger charge is -2.17. The lowest BCUT2D eigenvalue weighted by Crippen LogP contribution is -2.22. The lowest BCUT2D eigenvalue weighted by molar-refractivity contribution is -0.308. The van der Waals surface area contributed by atoms with Crippen LogP contribution in [0.25, 0.3) is 0 Å². The highest BCUT2D eigenvalue weighted by molar-refractivity contribution is 4.56. The lowest BCUT2D eigenvalue weighted by atomic mass is 10.0. The van der Waals surface area contributed by atoms with Gasteiger partial charge in [-0.25, -0.2) is 0 Å². The zero-order valence-corrected chi connectivity index (χ0v) is 18.5. The monoisotopic (exact) mass is 387 g/mol. The van der Waals surface area contributed by atoms with Crippen LogP contribution in [-0.2, 0) is 4.74 Å². The number of unbranched alkanes of at least 4 members (excludes halogenated alkanes) is 15. The summed E-state index contributed by atoms with van der Waals surface area (Å²) in [6, 6.07) is 0. The second-order valence-corrected chi connectivity index (χ2v) is 8.09. The van der Waals surface area contributed by atoms with Crippen molar-refractivity contribution in [2.75, 3.05) is 13.2 Å². The number of rotatable bonds is 22. The van der Waals surface area contributed by atoms with E-state index in [2.05, 4.69) is 13.8 Å². The largest absolute Gasteiger partial charge is 0.378 e. The fourth-order valence-corrected chi connectivity index (χ4v) is 3.56. The minimum atomic E-state index is 0.142. The Morgan fingerprint density at radius 2 is 1.04 bits per heavy atom. The Morgan fingerprint density at radius 1 is 0.630 bits per heavy atom. The van der Waals surface area contributed by atoms with Gasteiger partial charge >= 0.3 is 0 Å². The highest BCUT2D eigenvalue weighted by atomic mass is 16.8. The molecule has 0 radical (unpaired) electrons. The molecule has 0 saturated carbocycles. The van der Waals surface area contributed by atoms with Crippen LogP contribution in [0.2, 0.25) is 0 Å². The van der Waals surface area contributed by atoms with Crippen LogP contribution in [0.3, 0.4) is 0 Å². The van der Waals surface area contributed by atoms with Gasteiger partial charge in [0.25, 0.3) is 0 Å². The first-order valence-corrected chi connectivity index (χ1v) is 12.0. The first kappa shape index (κ1) is 26.8. The molecular weight excluding hydrogens is 338 g/mol. The van der Waals surface area contributed by atoms with Crippen molar-refractivity contribution in [1.29, 1.82) is 0 Å². The van der Waals surface area contributed by atoms with Gasteiger partial charge in [0.15, 0.2) is 0 Å². The van der Waals surface area contributed by atoms with Crippen LogP contribution >= 0.6 is 0 Å².